The van der Waals surface area contributed by atoms with Gasteiger partial charge in [-0.2, -0.15) is 0 Å². The van der Waals surface area contributed by atoms with Gasteiger partial charge in [0.05, 0.1) is 0 Å². The average molecular weight is 326 g/mol. The first kappa shape index (κ1) is 13.4. The fourth-order valence-corrected chi connectivity index (χ4v) is 3.14. The highest BCUT2D eigenvalue weighted by atomic mass is 79.9. The van der Waals surface area contributed by atoms with E-state index in [-0.39, 0.29) is 5.82 Å². The van der Waals surface area contributed by atoms with Crippen LogP contribution in [0.15, 0.2) is 45.8 Å². The van der Waals surface area contributed by atoms with Crippen molar-refractivity contribution in [1.29, 1.82) is 0 Å². The average Bonchev–Trinajstić information content (AvgIpc) is 2.26. The zero-order valence-electron chi connectivity index (χ0n) is 9.91. The molecule has 2 rings (SSSR count). The van der Waals surface area contributed by atoms with Gasteiger partial charge in [0.25, 0.3) is 0 Å². The Morgan fingerprint density at radius 3 is 2.67 bits per heavy atom. The molecule has 0 amide bonds. The molecule has 0 spiro atoms. The molecular formula is C14H13BrFNS. The maximum Gasteiger partial charge on any atom is 0.124 e. The highest BCUT2D eigenvalue weighted by molar-refractivity contribution is 9.10. The van der Waals surface area contributed by atoms with E-state index in [4.69, 9.17) is 5.73 Å². The molecule has 4 heteroatoms. The summed E-state index contributed by atoms with van der Waals surface area (Å²) in [6.07, 6.45) is 0. The summed E-state index contributed by atoms with van der Waals surface area (Å²) in [6, 6.07) is 10.8. The van der Waals surface area contributed by atoms with Crippen LogP contribution in [0, 0.1) is 12.7 Å². The van der Waals surface area contributed by atoms with E-state index in [1.165, 1.54) is 11.0 Å². The van der Waals surface area contributed by atoms with Crippen LogP contribution in [-0.2, 0) is 5.75 Å². The Hall–Kier alpha value is -1.00. The quantitative estimate of drug-likeness (QED) is 0.649. The van der Waals surface area contributed by atoms with E-state index < -0.39 is 0 Å². The molecule has 94 valence electrons. The minimum Gasteiger partial charge on any atom is -0.399 e. The number of benzene rings is 2. The molecule has 0 fully saturated rings. The molecule has 0 heterocycles. The van der Waals surface area contributed by atoms with Crippen molar-refractivity contribution in [3.05, 3.63) is 57.8 Å². The molecule has 2 aromatic rings. The summed E-state index contributed by atoms with van der Waals surface area (Å²) in [6.45, 7) is 2.03. The lowest BCUT2D eigenvalue weighted by Crippen LogP contribution is -1.88. The number of hydrogen-bond donors (Lipinski definition) is 1. The van der Waals surface area contributed by atoms with Crippen LogP contribution in [0.1, 0.15) is 11.1 Å². The molecule has 2 aromatic carbocycles. The molecule has 18 heavy (non-hydrogen) atoms. The van der Waals surface area contributed by atoms with Crippen molar-refractivity contribution in [2.24, 2.45) is 0 Å². The molecule has 1 nitrogen and oxygen atoms in total. The highest BCUT2D eigenvalue weighted by Crippen LogP contribution is 2.28. The van der Waals surface area contributed by atoms with Crippen LogP contribution < -0.4 is 5.73 Å². The Morgan fingerprint density at radius 2 is 2.00 bits per heavy atom. The van der Waals surface area contributed by atoms with Gasteiger partial charge in [-0.05, 0) is 54.4 Å². The maximum atomic E-state index is 13.2. The third-order valence-electron chi connectivity index (χ3n) is 2.52. The monoisotopic (exact) mass is 325 g/mol. The minimum atomic E-state index is -0.214. The van der Waals surface area contributed by atoms with Crippen molar-refractivity contribution < 1.29 is 4.39 Å². The van der Waals surface area contributed by atoms with Crippen LogP contribution in [0.4, 0.5) is 10.1 Å². The van der Waals surface area contributed by atoms with Gasteiger partial charge in [-0.15, -0.1) is 11.8 Å². The van der Waals surface area contributed by atoms with Crippen molar-refractivity contribution in [3.8, 4) is 0 Å². The summed E-state index contributed by atoms with van der Waals surface area (Å²) in [5.74, 6) is 0.523. The Bertz CT molecular complexity index is 551. The second kappa shape index (κ2) is 5.76. The zero-order chi connectivity index (χ0) is 13.1. The van der Waals surface area contributed by atoms with E-state index >= 15 is 0 Å². The lowest BCUT2D eigenvalue weighted by atomic mass is 10.2. The fraction of sp³-hybridized carbons (Fsp3) is 0.143. The van der Waals surface area contributed by atoms with Crippen LogP contribution in [0.5, 0.6) is 0 Å². The van der Waals surface area contributed by atoms with Gasteiger partial charge in [-0.3, -0.25) is 0 Å². The van der Waals surface area contributed by atoms with Gasteiger partial charge in [0.15, 0.2) is 0 Å². The molecule has 0 aliphatic heterocycles. The van der Waals surface area contributed by atoms with Crippen molar-refractivity contribution >= 4 is 33.4 Å². The summed E-state index contributed by atoms with van der Waals surface area (Å²) in [7, 11) is 0. The molecule has 0 saturated carbocycles. The Labute approximate surface area is 119 Å². The van der Waals surface area contributed by atoms with E-state index in [1.54, 1.807) is 17.8 Å². The molecule has 0 bridgehead atoms. The van der Waals surface area contributed by atoms with Crippen LogP contribution in [0.25, 0.3) is 0 Å². The number of halogens is 2. The highest BCUT2D eigenvalue weighted by Gasteiger charge is 2.03. The van der Waals surface area contributed by atoms with Crippen molar-refractivity contribution in [1.82, 2.24) is 0 Å². The van der Waals surface area contributed by atoms with Gasteiger partial charge in [-0.1, -0.05) is 15.9 Å². The van der Waals surface area contributed by atoms with Gasteiger partial charge in [-0.25, -0.2) is 4.39 Å². The normalized spacial score (nSPS) is 10.6. The van der Waals surface area contributed by atoms with Gasteiger partial charge < -0.3 is 5.73 Å². The number of rotatable bonds is 3. The second-order valence-electron chi connectivity index (χ2n) is 4.09. The largest absolute Gasteiger partial charge is 0.399 e. The molecular weight excluding hydrogens is 313 g/mol. The Balaban J connectivity index is 2.11. The molecule has 0 radical (unpaired) electrons. The summed E-state index contributed by atoms with van der Waals surface area (Å²) in [4.78, 5) is 1.17. The van der Waals surface area contributed by atoms with E-state index in [2.05, 4.69) is 15.9 Å². The van der Waals surface area contributed by atoms with Gasteiger partial charge in [0.1, 0.15) is 5.82 Å². The number of anilines is 1. The minimum absolute atomic E-state index is 0.214. The van der Waals surface area contributed by atoms with Gasteiger partial charge in [0, 0.05) is 20.8 Å². The lowest BCUT2D eigenvalue weighted by molar-refractivity contribution is 0.625. The smallest absolute Gasteiger partial charge is 0.124 e. The Morgan fingerprint density at radius 1 is 1.22 bits per heavy atom. The summed E-state index contributed by atoms with van der Waals surface area (Å²) >= 11 is 4.98. The number of nitrogens with two attached hydrogens (primary N) is 1. The van der Waals surface area contributed by atoms with Crippen molar-refractivity contribution in [2.45, 2.75) is 17.6 Å². The van der Waals surface area contributed by atoms with E-state index in [0.29, 0.717) is 0 Å². The lowest BCUT2D eigenvalue weighted by Gasteiger charge is -2.07. The molecule has 0 atom stereocenters. The molecule has 0 aromatic heterocycles. The van der Waals surface area contributed by atoms with Crippen molar-refractivity contribution in [2.75, 3.05) is 5.73 Å². The van der Waals surface area contributed by atoms with E-state index in [0.717, 1.165) is 27.0 Å². The summed E-state index contributed by atoms with van der Waals surface area (Å²) < 4.78 is 14.0. The molecule has 0 aliphatic carbocycles. The number of thioether (sulfide) groups is 1. The molecule has 0 aliphatic rings. The van der Waals surface area contributed by atoms with Crippen molar-refractivity contribution in [3.63, 3.8) is 0 Å². The Kier molecular flexibility index (Phi) is 4.30. The SMILES string of the molecule is Cc1cc(N)ccc1SCc1cc(F)cc(Br)c1. The number of hydrogen-bond acceptors (Lipinski definition) is 2. The van der Waals surface area contributed by atoms with Gasteiger partial charge >= 0.3 is 0 Å². The van der Waals surface area contributed by atoms with Gasteiger partial charge in [0.2, 0.25) is 0 Å². The van der Waals surface area contributed by atoms with Crippen LogP contribution >= 0.6 is 27.7 Å². The predicted molar refractivity (Wildman–Crippen MR) is 79.3 cm³/mol. The summed E-state index contributed by atoms with van der Waals surface area (Å²) in [5.41, 5.74) is 8.59. The number of nitrogen functional groups attached to an aromatic ring is 1. The predicted octanol–water partition coefficient (Wildman–Crippen LogP) is 4.77. The molecule has 2 N–H and O–H groups in total. The zero-order valence-corrected chi connectivity index (χ0v) is 12.3. The van der Waals surface area contributed by atoms with E-state index in [1.807, 2.05) is 31.2 Å². The first-order valence-electron chi connectivity index (χ1n) is 5.48. The van der Waals surface area contributed by atoms with Crippen LogP contribution in [0.3, 0.4) is 0 Å². The second-order valence-corrected chi connectivity index (χ2v) is 6.02. The first-order valence-corrected chi connectivity index (χ1v) is 7.26. The molecule has 0 saturated heterocycles. The third kappa shape index (κ3) is 3.50. The molecule has 0 unspecified atom stereocenters. The first-order chi connectivity index (χ1) is 8.54. The third-order valence-corrected chi connectivity index (χ3v) is 4.22. The van der Waals surface area contributed by atoms with Crippen LogP contribution in [-0.4, -0.2) is 0 Å². The topological polar surface area (TPSA) is 26.0 Å². The fourth-order valence-electron chi connectivity index (χ4n) is 1.69. The maximum absolute atomic E-state index is 13.2. The van der Waals surface area contributed by atoms with Crippen LogP contribution in [0.2, 0.25) is 0 Å². The van der Waals surface area contributed by atoms with E-state index in [9.17, 15) is 4.39 Å². The standard InChI is InChI=1S/C14H13BrFNS/c1-9-4-13(17)2-3-14(9)18-8-10-5-11(15)7-12(16)6-10/h2-7H,8,17H2,1H3. The number of aryl methyl sites for hydroxylation is 1. The summed E-state index contributed by atoms with van der Waals surface area (Å²) in [5, 5.41) is 0.